The summed E-state index contributed by atoms with van der Waals surface area (Å²) in [5.41, 5.74) is 4.89. The second kappa shape index (κ2) is 6.84. The minimum Gasteiger partial charge on any atom is -0.378 e. The van der Waals surface area contributed by atoms with Crippen molar-refractivity contribution >= 4 is 43.2 Å². The zero-order valence-electron chi connectivity index (χ0n) is 12.7. The van der Waals surface area contributed by atoms with Crippen molar-refractivity contribution in [1.82, 2.24) is 0 Å². The molecule has 0 amide bonds. The van der Waals surface area contributed by atoms with E-state index in [-0.39, 0.29) is 6.04 Å². The third-order valence-corrected chi connectivity index (χ3v) is 4.68. The van der Waals surface area contributed by atoms with Crippen LogP contribution in [0.3, 0.4) is 0 Å². The first-order valence-electron chi connectivity index (χ1n) is 6.88. The molecule has 0 heterocycles. The maximum Gasteiger partial charge on any atom is 0.0496 e. The summed E-state index contributed by atoms with van der Waals surface area (Å²) in [6.45, 7) is 4.30. The maximum absolute atomic E-state index is 3.63. The summed E-state index contributed by atoms with van der Waals surface area (Å²) in [5, 5.41) is 3.57. The van der Waals surface area contributed by atoms with Crippen molar-refractivity contribution in [2.45, 2.75) is 19.9 Å². The van der Waals surface area contributed by atoms with E-state index in [0.29, 0.717) is 0 Å². The van der Waals surface area contributed by atoms with Gasteiger partial charge >= 0.3 is 0 Å². The molecule has 0 fully saturated rings. The SMILES string of the molecule is Cc1ccc(NC(C)c2ccc(Br)cc2Br)cc1N(C)C. The number of aryl methyl sites for hydroxylation is 1. The molecule has 2 rings (SSSR count). The lowest BCUT2D eigenvalue weighted by molar-refractivity contribution is 0.878. The van der Waals surface area contributed by atoms with Gasteiger partial charge in [-0.2, -0.15) is 0 Å². The highest BCUT2D eigenvalue weighted by molar-refractivity contribution is 9.11. The molecule has 0 aromatic heterocycles. The Morgan fingerprint density at radius 1 is 1.05 bits per heavy atom. The molecule has 0 saturated heterocycles. The van der Waals surface area contributed by atoms with Crippen LogP contribution in [0.25, 0.3) is 0 Å². The van der Waals surface area contributed by atoms with E-state index < -0.39 is 0 Å². The molecular weight excluding hydrogens is 392 g/mol. The van der Waals surface area contributed by atoms with Crippen molar-refractivity contribution in [2.75, 3.05) is 24.3 Å². The molecule has 0 aliphatic heterocycles. The molecular formula is C17H20Br2N2. The number of anilines is 2. The molecule has 0 saturated carbocycles. The summed E-state index contributed by atoms with van der Waals surface area (Å²) >= 11 is 7.12. The van der Waals surface area contributed by atoms with Gasteiger partial charge in [0.1, 0.15) is 0 Å². The number of rotatable bonds is 4. The Morgan fingerprint density at radius 3 is 2.38 bits per heavy atom. The number of nitrogens with zero attached hydrogens (tertiary/aromatic N) is 1. The topological polar surface area (TPSA) is 15.3 Å². The van der Waals surface area contributed by atoms with Gasteiger partial charge in [0.2, 0.25) is 0 Å². The quantitative estimate of drug-likeness (QED) is 0.687. The van der Waals surface area contributed by atoms with E-state index in [1.54, 1.807) is 0 Å². The Balaban J connectivity index is 2.23. The first-order valence-corrected chi connectivity index (χ1v) is 8.46. The Hall–Kier alpha value is -1.000. The molecule has 2 nitrogen and oxygen atoms in total. The summed E-state index contributed by atoms with van der Waals surface area (Å²) in [6, 6.07) is 13.0. The number of hydrogen-bond donors (Lipinski definition) is 1. The van der Waals surface area contributed by atoms with E-state index in [1.807, 2.05) is 0 Å². The fourth-order valence-electron chi connectivity index (χ4n) is 2.36. The zero-order chi connectivity index (χ0) is 15.6. The van der Waals surface area contributed by atoms with Crippen molar-refractivity contribution in [3.05, 3.63) is 56.5 Å². The van der Waals surface area contributed by atoms with Gasteiger partial charge in [-0.3, -0.25) is 0 Å². The molecule has 0 radical (unpaired) electrons. The molecule has 1 N–H and O–H groups in total. The van der Waals surface area contributed by atoms with Crippen molar-refractivity contribution < 1.29 is 0 Å². The van der Waals surface area contributed by atoms with Crippen LogP contribution in [0.15, 0.2) is 45.3 Å². The lowest BCUT2D eigenvalue weighted by Crippen LogP contribution is -2.12. The molecule has 112 valence electrons. The highest BCUT2D eigenvalue weighted by atomic mass is 79.9. The second-order valence-electron chi connectivity index (χ2n) is 5.43. The van der Waals surface area contributed by atoms with Crippen molar-refractivity contribution in [1.29, 1.82) is 0 Å². The Morgan fingerprint density at radius 2 is 1.76 bits per heavy atom. The van der Waals surface area contributed by atoms with Crippen LogP contribution >= 0.6 is 31.9 Å². The molecule has 0 aliphatic rings. The summed E-state index contributed by atoms with van der Waals surface area (Å²) < 4.78 is 2.19. The predicted octanol–water partition coefficient (Wildman–Crippen LogP) is 5.76. The van der Waals surface area contributed by atoms with Gasteiger partial charge in [0.05, 0.1) is 0 Å². The lowest BCUT2D eigenvalue weighted by atomic mass is 10.1. The van der Waals surface area contributed by atoms with Crippen LogP contribution in [-0.2, 0) is 0 Å². The number of hydrogen-bond acceptors (Lipinski definition) is 2. The molecule has 1 atom stereocenters. The second-order valence-corrected chi connectivity index (χ2v) is 7.20. The number of benzene rings is 2. The lowest BCUT2D eigenvalue weighted by Gasteiger charge is -2.21. The number of halogens is 2. The molecule has 4 heteroatoms. The van der Waals surface area contributed by atoms with Gasteiger partial charge in [0, 0.05) is 40.5 Å². The van der Waals surface area contributed by atoms with Crippen LogP contribution in [0, 0.1) is 6.92 Å². The van der Waals surface area contributed by atoms with Crippen molar-refractivity contribution in [3.63, 3.8) is 0 Å². The molecule has 0 bridgehead atoms. The predicted molar refractivity (Wildman–Crippen MR) is 99.4 cm³/mol. The maximum atomic E-state index is 3.63. The standard InChI is InChI=1S/C17H20Br2N2/c1-11-5-7-14(10-17(11)21(3)4)20-12(2)15-8-6-13(18)9-16(15)19/h5-10,12,20H,1-4H3. The highest BCUT2D eigenvalue weighted by Gasteiger charge is 2.10. The normalized spacial score (nSPS) is 12.1. The van der Waals surface area contributed by atoms with E-state index >= 15 is 0 Å². The first kappa shape index (κ1) is 16.4. The zero-order valence-corrected chi connectivity index (χ0v) is 15.9. The van der Waals surface area contributed by atoms with E-state index in [4.69, 9.17) is 0 Å². The van der Waals surface area contributed by atoms with Crippen molar-refractivity contribution in [3.8, 4) is 0 Å². The average Bonchev–Trinajstić information content (AvgIpc) is 2.40. The Labute approximate surface area is 143 Å². The van der Waals surface area contributed by atoms with Crippen LogP contribution in [0.2, 0.25) is 0 Å². The van der Waals surface area contributed by atoms with E-state index in [1.165, 1.54) is 16.8 Å². The van der Waals surface area contributed by atoms with Crippen LogP contribution in [-0.4, -0.2) is 14.1 Å². The number of nitrogens with one attached hydrogen (secondary N) is 1. The monoisotopic (exact) mass is 410 g/mol. The van der Waals surface area contributed by atoms with Crippen LogP contribution in [0.5, 0.6) is 0 Å². The third kappa shape index (κ3) is 4.01. The van der Waals surface area contributed by atoms with Crippen LogP contribution in [0.1, 0.15) is 24.1 Å². The molecule has 2 aromatic rings. The minimum absolute atomic E-state index is 0.227. The van der Waals surface area contributed by atoms with Crippen LogP contribution in [0.4, 0.5) is 11.4 Å². The molecule has 0 spiro atoms. The van der Waals surface area contributed by atoms with Gasteiger partial charge in [-0.1, -0.05) is 44.0 Å². The van der Waals surface area contributed by atoms with Gasteiger partial charge < -0.3 is 10.2 Å². The van der Waals surface area contributed by atoms with Gasteiger partial charge in [0.15, 0.2) is 0 Å². The van der Waals surface area contributed by atoms with E-state index in [2.05, 4.69) is 106 Å². The fraction of sp³-hybridized carbons (Fsp3) is 0.294. The van der Waals surface area contributed by atoms with Gasteiger partial charge in [0.25, 0.3) is 0 Å². The molecule has 21 heavy (non-hydrogen) atoms. The fourth-order valence-corrected chi connectivity index (χ4v) is 3.75. The summed E-state index contributed by atoms with van der Waals surface area (Å²) in [5.74, 6) is 0. The van der Waals surface area contributed by atoms with Crippen molar-refractivity contribution in [2.24, 2.45) is 0 Å². The third-order valence-electron chi connectivity index (χ3n) is 3.50. The van der Waals surface area contributed by atoms with E-state index in [9.17, 15) is 0 Å². The summed E-state index contributed by atoms with van der Waals surface area (Å²) in [4.78, 5) is 2.14. The Kier molecular flexibility index (Phi) is 5.33. The smallest absolute Gasteiger partial charge is 0.0496 e. The van der Waals surface area contributed by atoms with Crippen LogP contribution < -0.4 is 10.2 Å². The molecule has 0 aliphatic carbocycles. The first-order chi connectivity index (χ1) is 9.88. The van der Waals surface area contributed by atoms with E-state index in [0.717, 1.165) is 14.6 Å². The van der Waals surface area contributed by atoms with Gasteiger partial charge in [-0.25, -0.2) is 0 Å². The summed E-state index contributed by atoms with van der Waals surface area (Å²) in [7, 11) is 4.14. The van der Waals surface area contributed by atoms with Gasteiger partial charge in [-0.05, 0) is 49.2 Å². The summed E-state index contributed by atoms with van der Waals surface area (Å²) in [6.07, 6.45) is 0. The Bertz CT molecular complexity index is 639. The average molecular weight is 412 g/mol. The largest absolute Gasteiger partial charge is 0.378 e. The molecule has 2 aromatic carbocycles. The molecule has 1 unspecified atom stereocenters. The highest BCUT2D eigenvalue weighted by Crippen LogP contribution is 2.30. The minimum atomic E-state index is 0.227. The van der Waals surface area contributed by atoms with Gasteiger partial charge in [-0.15, -0.1) is 0 Å².